The maximum Gasteiger partial charge on any atom is 0.513 e. The highest BCUT2D eigenvalue weighted by atomic mass is 19.4. The lowest BCUT2D eigenvalue weighted by molar-refractivity contribution is -0.0325. The van der Waals surface area contributed by atoms with Crippen LogP contribution in [-0.2, 0) is 4.74 Å². The average molecular weight is 287 g/mol. The second-order valence-corrected chi connectivity index (χ2v) is 5.97. The third-order valence-electron chi connectivity index (χ3n) is 3.50. The van der Waals surface area contributed by atoms with Crippen LogP contribution in [0.5, 0.6) is 5.75 Å². The van der Waals surface area contributed by atoms with E-state index in [0.717, 1.165) is 18.9 Å². The van der Waals surface area contributed by atoms with Gasteiger partial charge in [-0.3, -0.25) is 0 Å². The van der Waals surface area contributed by atoms with Crippen LogP contribution in [0.3, 0.4) is 0 Å². The van der Waals surface area contributed by atoms with E-state index in [-0.39, 0.29) is 24.1 Å². The van der Waals surface area contributed by atoms with Crippen LogP contribution in [0.1, 0.15) is 32.3 Å². The summed E-state index contributed by atoms with van der Waals surface area (Å²) in [5, 5.41) is 0. The molecular formula is C14H19BF3O2-. The van der Waals surface area contributed by atoms with Gasteiger partial charge in [0.2, 0.25) is 0 Å². The summed E-state index contributed by atoms with van der Waals surface area (Å²) < 4.78 is 50.1. The molecule has 2 nitrogen and oxygen atoms in total. The Morgan fingerprint density at radius 1 is 1.35 bits per heavy atom. The lowest BCUT2D eigenvalue weighted by Crippen LogP contribution is -2.36. The molecule has 1 aliphatic rings. The van der Waals surface area contributed by atoms with Gasteiger partial charge in [0.05, 0.1) is 17.5 Å². The molecule has 1 unspecified atom stereocenters. The molecule has 1 atom stereocenters. The minimum Gasteiger partial charge on any atom is -0.494 e. The number of hydrogen-bond acceptors (Lipinski definition) is 2. The molecule has 0 aliphatic carbocycles. The van der Waals surface area contributed by atoms with Crippen molar-refractivity contribution < 1.29 is 22.4 Å². The quantitative estimate of drug-likeness (QED) is 0.790. The SMILES string of the molecule is Cc1ccc(OCC2CCC(C)(C)O2)c([B-](F)(F)F)c1. The lowest BCUT2D eigenvalue weighted by Gasteiger charge is -2.23. The van der Waals surface area contributed by atoms with E-state index < -0.39 is 12.4 Å². The molecule has 20 heavy (non-hydrogen) atoms. The van der Waals surface area contributed by atoms with Crippen molar-refractivity contribution in [2.45, 2.75) is 45.3 Å². The van der Waals surface area contributed by atoms with Gasteiger partial charge in [0, 0.05) is 0 Å². The van der Waals surface area contributed by atoms with Crippen LogP contribution in [0.2, 0.25) is 0 Å². The van der Waals surface area contributed by atoms with Crippen LogP contribution in [0, 0.1) is 6.92 Å². The van der Waals surface area contributed by atoms with Crippen LogP contribution in [-0.4, -0.2) is 25.3 Å². The Hall–Kier alpha value is -1.17. The number of aryl methyl sites for hydroxylation is 1. The Morgan fingerprint density at radius 2 is 2.05 bits per heavy atom. The number of benzene rings is 1. The smallest absolute Gasteiger partial charge is 0.494 e. The lowest BCUT2D eigenvalue weighted by atomic mass is 9.78. The van der Waals surface area contributed by atoms with Gasteiger partial charge in [-0.15, -0.1) is 0 Å². The molecule has 1 saturated heterocycles. The zero-order valence-electron chi connectivity index (χ0n) is 12.0. The van der Waals surface area contributed by atoms with Gasteiger partial charge in [0.25, 0.3) is 0 Å². The van der Waals surface area contributed by atoms with E-state index in [9.17, 15) is 12.9 Å². The molecule has 0 bridgehead atoms. The molecule has 0 N–H and O–H groups in total. The van der Waals surface area contributed by atoms with Crippen molar-refractivity contribution in [3.63, 3.8) is 0 Å². The predicted octanol–water partition coefficient (Wildman–Crippen LogP) is 3.39. The van der Waals surface area contributed by atoms with E-state index in [2.05, 4.69) is 0 Å². The second-order valence-electron chi connectivity index (χ2n) is 5.97. The monoisotopic (exact) mass is 287 g/mol. The molecule has 0 radical (unpaired) electrons. The molecule has 1 aromatic carbocycles. The normalized spacial score (nSPS) is 22.0. The highest BCUT2D eigenvalue weighted by molar-refractivity contribution is 6.74. The van der Waals surface area contributed by atoms with Gasteiger partial charge in [0.1, 0.15) is 6.61 Å². The van der Waals surface area contributed by atoms with Gasteiger partial charge in [-0.1, -0.05) is 23.2 Å². The van der Waals surface area contributed by atoms with Crippen molar-refractivity contribution in [1.82, 2.24) is 0 Å². The largest absolute Gasteiger partial charge is 0.513 e. The molecule has 0 spiro atoms. The van der Waals surface area contributed by atoms with Crippen molar-refractivity contribution in [3.8, 4) is 5.75 Å². The van der Waals surface area contributed by atoms with Gasteiger partial charge in [-0.05, 0) is 39.7 Å². The molecule has 0 amide bonds. The first kappa shape index (κ1) is 15.2. The summed E-state index contributed by atoms with van der Waals surface area (Å²) in [7, 11) is 0. The van der Waals surface area contributed by atoms with Gasteiger partial charge >= 0.3 is 6.98 Å². The Morgan fingerprint density at radius 3 is 2.60 bits per heavy atom. The molecule has 112 valence electrons. The Labute approximate surface area is 117 Å². The summed E-state index contributed by atoms with van der Waals surface area (Å²) in [6, 6.07) is 4.15. The van der Waals surface area contributed by atoms with Crippen molar-refractivity contribution in [3.05, 3.63) is 23.8 Å². The first-order valence-corrected chi connectivity index (χ1v) is 6.78. The summed E-state index contributed by atoms with van der Waals surface area (Å²) in [6.07, 6.45) is 1.57. The van der Waals surface area contributed by atoms with Gasteiger partial charge < -0.3 is 22.4 Å². The topological polar surface area (TPSA) is 18.5 Å². The Kier molecular flexibility index (Phi) is 4.05. The maximum absolute atomic E-state index is 13.0. The van der Waals surface area contributed by atoms with Crippen LogP contribution < -0.4 is 10.2 Å². The van der Waals surface area contributed by atoms with E-state index in [1.807, 2.05) is 13.8 Å². The second kappa shape index (κ2) is 5.32. The van der Waals surface area contributed by atoms with Gasteiger partial charge in [-0.25, -0.2) is 0 Å². The highest BCUT2D eigenvalue weighted by Crippen LogP contribution is 2.30. The minimum absolute atomic E-state index is 0.101. The van der Waals surface area contributed by atoms with E-state index >= 15 is 0 Å². The fraction of sp³-hybridized carbons (Fsp3) is 0.571. The van der Waals surface area contributed by atoms with Crippen LogP contribution in [0.4, 0.5) is 12.9 Å². The van der Waals surface area contributed by atoms with E-state index in [4.69, 9.17) is 9.47 Å². The summed E-state index contributed by atoms with van der Waals surface area (Å²) >= 11 is 0. The number of halogens is 3. The van der Waals surface area contributed by atoms with Crippen LogP contribution in [0.25, 0.3) is 0 Å². The van der Waals surface area contributed by atoms with Crippen molar-refractivity contribution in [2.75, 3.05) is 6.61 Å². The standard InChI is InChI=1S/C14H19BF3O2/c1-10-4-5-13(12(8-10)15(16,17)18)19-9-11-6-7-14(2,3)20-11/h4-5,8,11H,6-7,9H2,1-3H3/q-1. The fourth-order valence-corrected chi connectivity index (χ4v) is 2.43. The number of rotatable bonds is 4. The first-order chi connectivity index (χ1) is 9.17. The molecule has 1 aromatic rings. The average Bonchev–Trinajstić information content (AvgIpc) is 2.66. The molecule has 1 heterocycles. The van der Waals surface area contributed by atoms with E-state index in [0.29, 0.717) is 5.56 Å². The van der Waals surface area contributed by atoms with E-state index in [1.54, 1.807) is 13.0 Å². The molecule has 0 saturated carbocycles. The molecular weight excluding hydrogens is 268 g/mol. The molecule has 6 heteroatoms. The number of hydrogen-bond donors (Lipinski definition) is 0. The molecule has 2 rings (SSSR count). The molecule has 1 aliphatic heterocycles. The van der Waals surface area contributed by atoms with Crippen molar-refractivity contribution in [2.24, 2.45) is 0 Å². The molecule has 1 fully saturated rings. The number of ether oxygens (including phenoxy) is 2. The van der Waals surface area contributed by atoms with Crippen molar-refractivity contribution in [1.29, 1.82) is 0 Å². The predicted molar refractivity (Wildman–Crippen MR) is 73.6 cm³/mol. The Balaban J connectivity index is 2.07. The minimum atomic E-state index is -5.07. The summed E-state index contributed by atoms with van der Waals surface area (Å²) in [5.74, 6) is -0.101. The Bertz CT molecular complexity index is 486. The highest BCUT2D eigenvalue weighted by Gasteiger charge is 2.33. The van der Waals surface area contributed by atoms with Crippen LogP contribution in [0.15, 0.2) is 18.2 Å². The third kappa shape index (κ3) is 3.69. The fourth-order valence-electron chi connectivity index (χ4n) is 2.43. The first-order valence-electron chi connectivity index (χ1n) is 6.78. The summed E-state index contributed by atoms with van der Waals surface area (Å²) in [4.78, 5) is 0. The van der Waals surface area contributed by atoms with Gasteiger partial charge in [-0.2, -0.15) is 0 Å². The van der Waals surface area contributed by atoms with Crippen LogP contribution >= 0.6 is 0 Å². The zero-order valence-corrected chi connectivity index (χ0v) is 12.0. The van der Waals surface area contributed by atoms with Gasteiger partial charge in [0.15, 0.2) is 0 Å². The van der Waals surface area contributed by atoms with E-state index in [1.165, 1.54) is 6.07 Å². The third-order valence-corrected chi connectivity index (χ3v) is 3.50. The summed E-state index contributed by atoms with van der Waals surface area (Å²) in [6.45, 7) is 0.676. The molecule has 0 aromatic heterocycles. The van der Waals surface area contributed by atoms with Crippen molar-refractivity contribution >= 4 is 12.4 Å². The summed E-state index contributed by atoms with van der Waals surface area (Å²) in [5.41, 5.74) is -0.301. The maximum atomic E-state index is 13.0. The zero-order chi connectivity index (χ0) is 15.0.